The molecule has 0 heterocycles. The zero-order valence-electron chi connectivity index (χ0n) is 8.51. The SMILES string of the molecule is COc1cc(OC)c(Cl)c(CCO)c1Cl. The maximum Gasteiger partial charge on any atom is 0.141 e. The topological polar surface area (TPSA) is 38.7 Å². The van der Waals surface area contributed by atoms with Crippen LogP contribution in [0.25, 0.3) is 0 Å². The fourth-order valence-corrected chi connectivity index (χ4v) is 1.96. The van der Waals surface area contributed by atoms with Crippen LogP contribution in [-0.4, -0.2) is 25.9 Å². The predicted molar refractivity (Wildman–Crippen MR) is 60.4 cm³/mol. The van der Waals surface area contributed by atoms with Crippen LogP contribution in [0.3, 0.4) is 0 Å². The van der Waals surface area contributed by atoms with E-state index in [2.05, 4.69) is 0 Å². The van der Waals surface area contributed by atoms with Gasteiger partial charge in [0.25, 0.3) is 0 Å². The van der Waals surface area contributed by atoms with Crippen molar-refractivity contribution in [2.75, 3.05) is 20.8 Å². The predicted octanol–water partition coefficient (Wildman–Crippen LogP) is 2.55. The number of methoxy groups -OCH3 is 2. The summed E-state index contributed by atoms with van der Waals surface area (Å²) in [4.78, 5) is 0. The van der Waals surface area contributed by atoms with Gasteiger partial charge >= 0.3 is 0 Å². The molecule has 0 amide bonds. The van der Waals surface area contributed by atoms with Gasteiger partial charge in [-0.15, -0.1) is 0 Å². The minimum absolute atomic E-state index is 0.0320. The number of ether oxygens (including phenoxy) is 2. The van der Waals surface area contributed by atoms with Gasteiger partial charge in [0.15, 0.2) is 0 Å². The Hall–Kier alpha value is -0.640. The van der Waals surface area contributed by atoms with E-state index in [0.29, 0.717) is 33.5 Å². The highest BCUT2D eigenvalue weighted by Crippen LogP contribution is 2.40. The molecule has 0 bridgehead atoms. The molecule has 0 aliphatic rings. The molecule has 0 aliphatic carbocycles. The number of aliphatic hydroxyl groups excluding tert-OH is 1. The van der Waals surface area contributed by atoms with Gasteiger partial charge in [0.1, 0.15) is 11.5 Å². The van der Waals surface area contributed by atoms with E-state index >= 15 is 0 Å². The minimum Gasteiger partial charge on any atom is -0.495 e. The molecule has 0 saturated carbocycles. The summed E-state index contributed by atoms with van der Waals surface area (Å²) in [7, 11) is 3.02. The van der Waals surface area contributed by atoms with Gasteiger partial charge in [-0.2, -0.15) is 0 Å². The van der Waals surface area contributed by atoms with Crippen molar-refractivity contribution in [1.29, 1.82) is 0 Å². The average Bonchev–Trinajstić information content (AvgIpc) is 2.25. The average molecular weight is 251 g/mol. The highest BCUT2D eigenvalue weighted by atomic mass is 35.5. The number of halogens is 2. The molecule has 0 saturated heterocycles. The molecule has 0 aliphatic heterocycles. The lowest BCUT2D eigenvalue weighted by Gasteiger charge is -2.13. The maximum atomic E-state index is 8.90. The van der Waals surface area contributed by atoms with Gasteiger partial charge in [-0.3, -0.25) is 0 Å². The first-order valence-electron chi connectivity index (χ1n) is 4.35. The van der Waals surface area contributed by atoms with Gasteiger partial charge in [0.05, 0.1) is 24.3 Å². The molecule has 84 valence electrons. The Morgan fingerprint density at radius 3 is 1.93 bits per heavy atom. The molecule has 0 atom stereocenters. The molecule has 1 rings (SSSR count). The summed E-state index contributed by atoms with van der Waals surface area (Å²) in [5.74, 6) is 0.975. The molecule has 0 fully saturated rings. The Balaban J connectivity index is 3.32. The van der Waals surface area contributed by atoms with Crippen LogP contribution in [0.5, 0.6) is 11.5 Å². The third-order valence-electron chi connectivity index (χ3n) is 2.03. The van der Waals surface area contributed by atoms with E-state index in [1.807, 2.05) is 0 Å². The van der Waals surface area contributed by atoms with Crippen LogP contribution < -0.4 is 9.47 Å². The number of hydrogen-bond acceptors (Lipinski definition) is 3. The fourth-order valence-electron chi connectivity index (χ4n) is 1.27. The Morgan fingerprint density at radius 2 is 1.60 bits per heavy atom. The molecule has 5 heteroatoms. The number of benzene rings is 1. The van der Waals surface area contributed by atoms with Gasteiger partial charge in [0.2, 0.25) is 0 Å². The van der Waals surface area contributed by atoms with Crippen molar-refractivity contribution < 1.29 is 14.6 Å². The highest BCUT2D eigenvalue weighted by Gasteiger charge is 2.16. The van der Waals surface area contributed by atoms with E-state index in [1.54, 1.807) is 6.07 Å². The van der Waals surface area contributed by atoms with E-state index in [-0.39, 0.29) is 6.61 Å². The smallest absolute Gasteiger partial charge is 0.141 e. The summed E-state index contributed by atoms with van der Waals surface area (Å²) in [6, 6.07) is 1.62. The second-order valence-electron chi connectivity index (χ2n) is 2.86. The summed E-state index contributed by atoms with van der Waals surface area (Å²) in [6.07, 6.45) is 0.366. The normalized spacial score (nSPS) is 10.2. The Morgan fingerprint density at radius 1 is 1.13 bits per heavy atom. The van der Waals surface area contributed by atoms with Gasteiger partial charge in [-0.1, -0.05) is 23.2 Å². The van der Waals surface area contributed by atoms with Crippen LogP contribution in [0.1, 0.15) is 5.56 Å². The minimum atomic E-state index is -0.0320. The Labute approximate surface area is 98.5 Å². The van der Waals surface area contributed by atoms with Crippen molar-refractivity contribution in [2.24, 2.45) is 0 Å². The molecule has 0 aromatic heterocycles. The maximum absolute atomic E-state index is 8.90. The second-order valence-corrected chi connectivity index (χ2v) is 3.62. The van der Waals surface area contributed by atoms with Crippen molar-refractivity contribution in [1.82, 2.24) is 0 Å². The first-order chi connectivity index (χ1) is 7.15. The molecule has 15 heavy (non-hydrogen) atoms. The monoisotopic (exact) mass is 250 g/mol. The summed E-state index contributed by atoms with van der Waals surface area (Å²) >= 11 is 12.1. The van der Waals surface area contributed by atoms with E-state index in [9.17, 15) is 0 Å². The van der Waals surface area contributed by atoms with Crippen LogP contribution in [-0.2, 0) is 6.42 Å². The quantitative estimate of drug-likeness (QED) is 0.893. The number of hydrogen-bond donors (Lipinski definition) is 1. The number of rotatable bonds is 4. The standard InChI is InChI=1S/C10H12Cl2O3/c1-14-7-5-8(15-2)10(12)6(3-4-13)9(7)11/h5,13H,3-4H2,1-2H3. The third-order valence-corrected chi connectivity index (χ3v) is 2.86. The number of aliphatic hydroxyl groups is 1. The molecule has 1 aromatic rings. The van der Waals surface area contributed by atoms with Crippen LogP contribution in [0.4, 0.5) is 0 Å². The van der Waals surface area contributed by atoms with Crippen molar-refractivity contribution in [3.63, 3.8) is 0 Å². The molecule has 0 radical (unpaired) electrons. The molecule has 3 nitrogen and oxygen atoms in total. The van der Waals surface area contributed by atoms with Crippen molar-refractivity contribution in [3.05, 3.63) is 21.7 Å². The zero-order chi connectivity index (χ0) is 11.4. The van der Waals surface area contributed by atoms with E-state index < -0.39 is 0 Å². The van der Waals surface area contributed by atoms with E-state index in [4.69, 9.17) is 37.8 Å². The van der Waals surface area contributed by atoms with Gasteiger partial charge in [0, 0.05) is 12.7 Å². The first-order valence-corrected chi connectivity index (χ1v) is 5.11. The third kappa shape index (κ3) is 2.48. The summed E-state index contributed by atoms with van der Waals surface area (Å²) < 4.78 is 10.2. The Bertz CT molecular complexity index is 325. The van der Waals surface area contributed by atoms with Crippen molar-refractivity contribution in [2.45, 2.75) is 6.42 Å². The zero-order valence-corrected chi connectivity index (χ0v) is 10.0. The van der Waals surface area contributed by atoms with Crippen molar-refractivity contribution >= 4 is 23.2 Å². The summed E-state index contributed by atoms with van der Waals surface area (Å²) in [6.45, 7) is -0.0320. The largest absolute Gasteiger partial charge is 0.495 e. The molecule has 1 aromatic carbocycles. The highest BCUT2D eigenvalue weighted by molar-refractivity contribution is 6.37. The molecule has 0 spiro atoms. The van der Waals surface area contributed by atoms with E-state index in [0.717, 1.165) is 0 Å². The van der Waals surface area contributed by atoms with Crippen LogP contribution in [0.2, 0.25) is 10.0 Å². The molecule has 0 unspecified atom stereocenters. The lowest BCUT2D eigenvalue weighted by atomic mass is 10.1. The Kier molecular flexibility index (Phi) is 4.51. The van der Waals surface area contributed by atoms with Crippen molar-refractivity contribution in [3.8, 4) is 11.5 Å². The van der Waals surface area contributed by atoms with Gasteiger partial charge < -0.3 is 14.6 Å². The van der Waals surface area contributed by atoms with Gasteiger partial charge in [-0.05, 0) is 12.0 Å². The molecular weight excluding hydrogens is 239 g/mol. The lowest BCUT2D eigenvalue weighted by Crippen LogP contribution is -1.98. The summed E-state index contributed by atoms with van der Waals surface area (Å²) in [5, 5.41) is 9.73. The first kappa shape index (κ1) is 12.4. The lowest BCUT2D eigenvalue weighted by molar-refractivity contribution is 0.299. The van der Waals surface area contributed by atoms with Gasteiger partial charge in [-0.25, -0.2) is 0 Å². The fraction of sp³-hybridized carbons (Fsp3) is 0.400. The summed E-state index contributed by atoms with van der Waals surface area (Å²) in [5.41, 5.74) is 0.636. The molecular formula is C10H12Cl2O3. The van der Waals surface area contributed by atoms with Crippen LogP contribution in [0, 0.1) is 0 Å². The van der Waals surface area contributed by atoms with E-state index in [1.165, 1.54) is 14.2 Å². The van der Waals surface area contributed by atoms with Crippen LogP contribution in [0.15, 0.2) is 6.07 Å². The molecule has 1 N–H and O–H groups in total. The second kappa shape index (κ2) is 5.45. The van der Waals surface area contributed by atoms with Crippen LogP contribution >= 0.6 is 23.2 Å².